The minimum absolute atomic E-state index is 0.135. The minimum Gasteiger partial charge on any atom is -0.287 e. The second-order valence-corrected chi connectivity index (χ2v) is 5.10. The number of imidazole rings is 1. The number of aromatic nitrogens is 6. The van der Waals surface area contributed by atoms with Crippen LogP contribution in [-0.2, 0) is 6.54 Å². The van der Waals surface area contributed by atoms with E-state index >= 15 is 0 Å². The van der Waals surface area contributed by atoms with Gasteiger partial charge in [-0.05, 0) is 12.3 Å². The van der Waals surface area contributed by atoms with E-state index in [0.29, 0.717) is 23.9 Å². The van der Waals surface area contributed by atoms with Gasteiger partial charge in [-0.15, -0.1) is 5.10 Å². The zero-order valence-corrected chi connectivity index (χ0v) is 11.5. The molecular formula is C13H16N6O. The normalized spacial score (nSPS) is 11.6. The van der Waals surface area contributed by atoms with Gasteiger partial charge in [-0.25, -0.2) is 23.8 Å². The van der Waals surface area contributed by atoms with Crippen LogP contribution in [0.15, 0.2) is 35.9 Å². The molecule has 7 heteroatoms. The average Bonchev–Trinajstić information content (AvgIpc) is 3.05. The molecule has 7 nitrogen and oxygen atoms in total. The van der Waals surface area contributed by atoms with Gasteiger partial charge in [0.2, 0.25) is 5.65 Å². The Labute approximate surface area is 115 Å². The molecule has 0 saturated heterocycles. The van der Waals surface area contributed by atoms with Crippen LogP contribution in [-0.4, -0.2) is 28.7 Å². The average molecular weight is 272 g/mol. The maximum absolute atomic E-state index is 12.3. The van der Waals surface area contributed by atoms with E-state index in [0.717, 1.165) is 6.42 Å². The zero-order valence-electron chi connectivity index (χ0n) is 11.5. The SMILES string of the molecule is CC(C)CCn1nc2c(-n3ccnc3)nccn2c1=O. The molecule has 0 saturated carbocycles. The lowest BCUT2D eigenvalue weighted by atomic mass is 10.1. The molecule has 0 amide bonds. The molecule has 0 fully saturated rings. The molecule has 0 bridgehead atoms. The van der Waals surface area contributed by atoms with Crippen LogP contribution in [0.5, 0.6) is 0 Å². The van der Waals surface area contributed by atoms with E-state index < -0.39 is 0 Å². The van der Waals surface area contributed by atoms with Crippen molar-refractivity contribution >= 4 is 5.65 Å². The molecule has 0 spiro atoms. The molecule has 0 aromatic carbocycles. The second-order valence-electron chi connectivity index (χ2n) is 5.10. The van der Waals surface area contributed by atoms with Crippen LogP contribution in [0.2, 0.25) is 0 Å². The third-order valence-electron chi connectivity index (χ3n) is 3.15. The molecule has 3 aromatic heterocycles. The Bertz CT molecular complexity index is 768. The van der Waals surface area contributed by atoms with E-state index in [9.17, 15) is 4.79 Å². The molecule has 0 atom stereocenters. The van der Waals surface area contributed by atoms with Crippen LogP contribution in [0.3, 0.4) is 0 Å². The van der Waals surface area contributed by atoms with E-state index in [1.54, 1.807) is 35.7 Å². The Morgan fingerprint density at radius 2 is 2.10 bits per heavy atom. The number of rotatable bonds is 4. The summed E-state index contributed by atoms with van der Waals surface area (Å²) in [5.74, 6) is 1.13. The fourth-order valence-electron chi connectivity index (χ4n) is 2.03. The molecule has 0 aliphatic rings. The smallest absolute Gasteiger partial charge is 0.287 e. The highest BCUT2D eigenvalue weighted by Gasteiger charge is 2.12. The molecule has 104 valence electrons. The van der Waals surface area contributed by atoms with Crippen molar-refractivity contribution in [1.29, 1.82) is 0 Å². The summed E-state index contributed by atoms with van der Waals surface area (Å²) in [6.45, 7) is 4.86. The van der Waals surface area contributed by atoms with Gasteiger partial charge in [0.1, 0.15) is 6.33 Å². The number of nitrogens with zero attached hydrogens (tertiary/aromatic N) is 6. The van der Waals surface area contributed by atoms with Crippen LogP contribution in [0.1, 0.15) is 20.3 Å². The van der Waals surface area contributed by atoms with E-state index in [1.807, 2.05) is 0 Å². The molecule has 0 radical (unpaired) electrons. The molecule has 0 N–H and O–H groups in total. The molecular weight excluding hydrogens is 256 g/mol. The predicted molar refractivity (Wildman–Crippen MR) is 73.8 cm³/mol. The van der Waals surface area contributed by atoms with Gasteiger partial charge in [0.15, 0.2) is 5.82 Å². The fourth-order valence-corrected chi connectivity index (χ4v) is 2.03. The van der Waals surface area contributed by atoms with Crippen molar-refractivity contribution < 1.29 is 0 Å². The van der Waals surface area contributed by atoms with Gasteiger partial charge in [0.25, 0.3) is 0 Å². The highest BCUT2D eigenvalue weighted by molar-refractivity contribution is 5.52. The van der Waals surface area contributed by atoms with Crippen molar-refractivity contribution in [3.05, 3.63) is 41.6 Å². The Kier molecular flexibility index (Phi) is 3.09. The van der Waals surface area contributed by atoms with Crippen molar-refractivity contribution in [1.82, 2.24) is 28.7 Å². The lowest BCUT2D eigenvalue weighted by Gasteiger charge is -2.02. The maximum Gasteiger partial charge on any atom is 0.350 e. The number of hydrogen-bond donors (Lipinski definition) is 0. The first-order valence-corrected chi connectivity index (χ1v) is 6.59. The Balaban J connectivity index is 2.11. The summed E-state index contributed by atoms with van der Waals surface area (Å²) in [7, 11) is 0. The first-order valence-electron chi connectivity index (χ1n) is 6.59. The molecule has 3 aromatic rings. The largest absolute Gasteiger partial charge is 0.350 e. The van der Waals surface area contributed by atoms with Crippen molar-refractivity contribution in [3.63, 3.8) is 0 Å². The van der Waals surface area contributed by atoms with Crippen LogP contribution in [0.25, 0.3) is 11.5 Å². The van der Waals surface area contributed by atoms with Gasteiger partial charge in [-0.2, -0.15) is 0 Å². The lowest BCUT2D eigenvalue weighted by Crippen LogP contribution is -2.21. The monoisotopic (exact) mass is 272 g/mol. The van der Waals surface area contributed by atoms with Crippen LogP contribution < -0.4 is 5.69 Å². The number of hydrogen-bond acceptors (Lipinski definition) is 4. The van der Waals surface area contributed by atoms with Crippen molar-refractivity contribution in [2.75, 3.05) is 0 Å². The summed E-state index contributed by atoms with van der Waals surface area (Å²) < 4.78 is 4.76. The number of aryl methyl sites for hydroxylation is 1. The first-order chi connectivity index (χ1) is 9.66. The summed E-state index contributed by atoms with van der Waals surface area (Å²) >= 11 is 0. The molecule has 0 aliphatic carbocycles. The van der Waals surface area contributed by atoms with E-state index in [1.165, 1.54) is 9.08 Å². The minimum atomic E-state index is -0.135. The molecule has 3 heterocycles. The zero-order chi connectivity index (χ0) is 14.1. The van der Waals surface area contributed by atoms with Gasteiger partial charge >= 0.3 is 5.69 Å². The highest BCUT2D eigenvalue weighted by Crippen LogP contribution is 2.09. The van der Waals surface area contributed by atoms with Crippen LogP contribution >= 0.6 is 0 Å². The lowest BCUT2D eigenvalue weighted by molar-refractivity contribution is 0.478. The van der Waals surface area contributed by atoms with Gasteiger partial charge in [0, 0.05) is 31.3 Å². The van der Waals surface area contributed by atoms with Gasteiger partial charge < -0.3 is 0 Å². The topological polar surface area (TPSA) is 70.0 Å². The molecule has 3 rings (SSSR count). The van der Waals surface area contributed by atoms with E-state index in [2.05, 4.69) is 28.9 Å². The van der Waals surface area contributed by atoms with Gasteiger partial charge in [0.05, 0.1) is 0 Å². The second kappa shape index (κ2) is 4.92. The van der Waals surface area contributed by atoms with E-state index in [4.69, 9.17) is 0 Å². The van der Waals surface area contributed by atoms with Gasteiger partial charge in [-0.1, -0.05) is 13.8 Å². The quantitative estimate of drug-likeness (QED) is 0.713. The molecule has 0 aliphatic heterocycles. The first kappa shape index (κ1) is 12.6. The Morgan fingerprint density at radius 1 is 1.25 bits per heavy atom. The Morgan fingerprint density at radius 3 is 2.80 bits per heavy atom. The van der Waals surface area contributed by atoms with E-state index in [-0.39, 0.29) is 5.69 Å². The predicted octanol–water partition coefficient (Wildman–Crippen LogP) is 1.12. The summed E-state index contributed by atoms with van der Waals surface area (Å²) in [4.78, 5) is 20.6. The molecule has 20 heavy (non-hydrogen) atoms. The third-order valence-corrected chi connectivity index (χ3v) is 3.15. The highest BCUT2D eigenvalue weighted by atomic mass is 16.2. The summed E-state index contributed by atoms with van der Waals surface area (Å²) in [5.41, 5.74) is 0.406. The maximum atomic E-state index is 12.3. The third kappa shape index (κ3) is 2.11. The Hall–Kier alpha value is -2.44. The summed E-state index contributed by atoms with van der Waals surface area (Å²) in [6.07, 6.45) is 9.23. The fraction of sp³-hybridized carbons (Fsp3) is 0.385. The molecule has 0 unspecified atom stereocenters. The number of fused-ring (bicyclic) bond motifs is 1. The van der Waals surface area contributed by atoms with Crippen molar-refractivity contribution in [2.45, 2.75) is 26.8 Å². The van der Waals surface area contributed by atoms with Crippen LogP contribution in [0, 0.1) is 5.92 Å². The van der Waals surface area contributed by atoms with Crippen molar-refractivity contribution in [2.24, 2.45) is 5.92 Å². The summed E-state index contributed by atoms with van der Waals surface area (Å²) in [6, 6.07) is 0. The van der Waals surface area contributed by atoms with Crippen LogP contribution in [0.4, 0.5) is 0 Å². The van der Waals surface area contributed by atoms with Gasteiger partial charge in [-0.3, -0.25) is 4.57 Å². The van der Waals surface area contributed by atoms with Crippen molar-refractivity contribution in [3.8, 4) is 5.82 Å². The standard InChI is InChI=1S/C13H16N6O/c1-10(2)3-6-19-13(20)18-8-5-15-11(12(18)16-19)17-7-4-14-9-17/h4-5,7-10H,3,6H2,1-2H3. The summed E-state index contributed by atoms with van der Waals surface area (Å²) in [5, 5.41) is 4.40.